The third-order valence-corrected chi connectivity index (χ3v) is 2.44. The lowest BCUT2D eigenvalue weighted by molar-refractivity contribution is -0.176. The van der Waals surface area contributed by atoms with Gasteiger partial charge in [-0.05, 0) is 25.8 Å². The molecule has 0 radical (unpaired) electrons. The average molecular weight is 197 g/mol. The molecule has 1 aliphatic rings. The molecular formula is C8H14F3NO. The lowest BCUT2D eigenvalue weighted by atomic mass is 9.96. The van der Waals surface area contributed by atoms with E-state index >= 15 is 0 Å². The van der Waals surface area contributed by atoms with Gasteiger partial charge in [0.05, 0.1) is 5.92 Å². The molecule has 13 heavy (non-hydrogen) atoms. The van der Waals surface area contributed by atoms with Crippen LogP contribution in [0.2, 0.25) is 0 Å². The van der Waals surface area contributed by atoms with E-state index in [1.807, 2.05) is 0 Å². The van der Waals surface area contributed by atoms with Gasteiger partial charge in [-0.3, -0.25) is 0 Å². The van der Waals surface area contributed by atoms with Crippen molar-refractivity contribution in [2.45, 2.75) is 31.5 Å². The van der Waals surface area contributed by atoms with Crippen molar-refractivity contribution in [3.63, 3.8) is 0 Å². The fourth-order valence-corrected chi connectivity index (χ4v) is 1.77. The summed E-state index contributed by atoms with van der Waals surface area (Å²) in [6.07, 6.45) is -3.09. The van der Waals surface area contributed by atoms with Gasteiger partial charge in [0.2, 0.25) is 0 Å². The predicted octanol–water partition coefficient (Wildman–Crippen LogP) is 1.30. The van der Waals surface area contributed by atoms with Gasteiger partial charge in [-0.1, -0.05) is 0 Å². The summed E-state index contributed by atoms with van der Waals surface area (Å²) >= 11 is 0. The van der Waals surface area contributed by atoms with Gasteiger partial charge in [0.25, 0.3) is 0 Å². The monoisotopic (exact) mass is 197 g/mol. The van der Waals surface area contributed by atoms with Crippen molar-refractivity contribution in [1.29, 1.82) is 0 Å². The van der Waals surface area contributed by atoms with Crippen molar-refractivity contribution in [1.82, 2.24) is 5.32 Å². The summed E-state index contributed by atoms with van der Waals surface area (Å²) in [6.45, 7) is 0.392. The average Bonchev–Trinajstić information content (AvgIpc) is 2.47. The second-order valence-electron chi connectivity index (χ2n) is 3.36. The summed E-state index contributed by atoms with van der Waals surface area (Å²) in [6, 6.07) is -0.493. The van der Waals surface area contributed by atoms with Crippen LogP contribution < -0.4 is 5.32 Å². The van der Waals surface area contributed by atoms with Crippen LogP contribution >= 0.6 is 0 Å². The fraction of sp³-hybridized carbons (Fsp3) is 1.00. The number of hydrogen-bond donors (Lipinski definition) is 2. The molecule has 0 aromatic heterocycles. The Balaban J connectivity index is 2.44. The zero-order valence-electron chi connectivity index (χ0n) is 7.27. The first-order valence-corrected chi connectivity index (χ1v) is 4.46. The van der Waals surface area contributed by atoms with Crippen LogP contribution in [-0.4, -0.2) is 30.5 Å². The second-order valence-corrected chi connectivity index (χ2v) is 3.36. The van der Waals surface area contributed by atoms with Crippen molar-refractivity contribution in [3.05, 3.63) is 0 Å². The predicted molar refractivity (Wildman–Crippen MR) is 42.3 cm³/mol. The Morgan fingerprint density at radius 2 is 2.08 bits per heavy atom. The summed E-state index contributed by atoms with van der Waals surface area (Å²) in [5, 5.41) is 11.3. The zero-order chi connectivity index (χ0) is 9.90. The van der Waals surface area contributed by atoms with Crippen LogP contribution in [-0.2, 0) is 0 Å². The van der Waals surface area contributed by atoms with E-state index in [9.17, 15) is 13.2 Å². The number of hydrogen-bond acceptors (Lipinski definition) is 2. The van der Waals surface area contributed by atoms with Crippen LogP contribution in [0.15, 0.2) is 0 Å². The highest BCUT2D eigenvalue weighted by Gasteiger charge is 2.46. The molecule has 0 aliphatic carbocycles. The summed E-state index contributed by atoms with van der Waals surface area (Å²) in [4.78, 5) is 0. The Labute approximate surface area is 75.1 Å². The number of halogens is 3. The van der Waals surface area contributed by atoms with Gasteiger partial charge >= 0.3 is 6.18 Å². The Bertz CT molecular complexity index is 160. The molecule has 2 N–H and O–H groups in total. The molecule has 0 amide bonds. The van der Waals surface area contributed by atoms with Crippen LogP contribution in [0.3, 0.4) is 0 Å². The Hall–Kier alpha value is -0.290. The normalized spacial score (nSPS) is 29.5. The fourth-order valence-electron chi connectivity index (χ4n) is 1.77. The van der Waals surface area contributed by atoms with Crippen LogP contribution in [0.5, 0.6) is 0 Å². The van der Waals surface area contributed by atoms with Gasteiger partial charge < -0.3 is 10.4 Å². The number of aliphatic hydroxyl groups excluding tert-OH is 1. The molecule has 1 rings (SSSR count). The molecule has 78 valence electrons. The molecule has 0 spiro atoms. The van der Waals surface area contributed by atoms with Gasteiger partial charge in [-0.2, -0.15) is 13.2 Å². The second kappa shape index (κ2) is 4.28. The van der Waals surface area contributed by atoms with Gasteiger partial charge in [-0.15, -0.1) is 0 Å². The number of rotatable bonds is 3. The maximum atomic E-state index is 12.3. The molecule has 2 unspecified atom stereocenters. The first-order valence-electron chi connectivity index (χ1n) is 4.46. The van der Waals surface area contributed by atoms with E-state index in [0.29, 0.717) is 19.4 Å². The minimum atomic E-state index is -4.09. The standard InChI is InChI=1S/C8H14F3NO/c9-8(10,11)6-3-4-12-7(6)2-1-5-13/h6-7,12-13H,1-5H2. The van der Waals surface area contributed by atoms with E-state index in [-0.39, 0.29) is 13.0 Å². The van der Waals surface area contributed by atoms with Crippen LogP contribution in [0.25, 0.3) is 0 Å². The number of aliphatic hydroxyl groups is 1. The summed E-state index contributed by atoms with van der Waals surface area (Å²) in [7, 11) is 0. The quantitative estimate of drug-likeness (QED) is 0.714. The molecule has 5 heteroatoms. The Kier molecular flexibility index (Phi) is 3.55. The molecule has 0 aromatic rings. The molecular weight excluding hydrogens is 183 g/mol. The number of alkyl halides is 3. The molecule has 0 saturated carbocycles. The van der Waals surface area contributed by atoms with E-state index in [1.165, 1.54) is 0 Å². The van der Waals surface area contributed by atoms with E-state index in [2.05, 4.69) is 5.32 Å². The molecule has 1 aliphatic heterocycles. The van der Waals surface area contributed by atoms with Crippen molar-refractivity contribution in [3.8, 4) is 0 Å². The SMILES string of the molecule is OCCCC1NCCC1C(F)(F)F. The molecule has 0 aromatic carbocycles. The van der Waals surface area contributed by atoms with Gasteiger partial charge in [0, 0.05) is 12.6 Å². The minimum absolute atomic E-state index is 0.0389. The van der Waals surface area contributed by atoms with Crippen LogP contribution in [0.1, 0.15) is 19.3 Å². The van der Waals surface area contributed by atoms with Crippen molar-refractivity contribution < 1.29 is 18.3 Å². The molecule has 2 nitrogen and oxygen atoms in total. The van der Waals surface area contributed by atoms with E-state index in [1.54, 1.807) is 0 Å². The molecule has 1 heterocycles. The number of nitrogens with one attached hydrogen (secondary N) is 1. The summed E-state index contributed by atoms with van der Waals surface area (Å²) in [5.41, 5.74) is 0. The first-order chi connectivity index (χ1) is 6.05. The highest BCUT2D eigenvalue weighted by molar-refractivity contribution is 4.87. The van der Waals surface area contributed by atoms with E-state index in [4.69, 9.17) is 5.11 Å². The smallest absolute Gasteiger partial charge is 0.393 e. The largest absolute Gasteiger partial charge is 0.396 e. The van der Waals surface area contributed by atoms with Crippen molar-refractivity contribution in [2.75, 3.05) is 13.2 Å². The van der Waals surface area contributed by atoms with Crippen LogP contribution in [0, 0.1) is 5.92 Å². The van der Waals surface area contributed by atoms with E-state index < -0.39 is 18.1 Å². The van der Waals surface area contributed by atoms with Crippen molar-refractivity contribution in [2.24, 2.45) is 5.92 Å². The Morgan fingerprint density at radius 3 is 2.62 bits per heavy atom. The van der Waals surface area contributed by atoms with Gasteiger partial charge in [-0.25, -0.2) is 0 Å². The Morgan fingerprint density at radius 1 is 1.38 bits per heavy atom. The summed E-state index contributed by atoms with van der Waals surface area (Å²) < 4.78 is 37.0. The molecule has 1 fully saturated rings. The first kappa shape index (κ1) is 10.8. The third kappa shape index (κ3) is 2.84. The molecule has 0 bridgehead atoms. The molecule has 1 saturated heterocycles. The molecule has 2 atom stereocenters. The lowest BCUT2D eigenvalue weighted by Gasteiger charge is -2.21. The zero-order valence-corrected chi connectivity index (χ0v) is 7.27. The summed E-state index contributed by atoms with van der Waals surface area (Å²) in [5.74, 6) is -1.22. The van der Waals surface area contributed by atoms with Gasteiger partial charge in [0.15, 0.2) is 0 Å². The van der Waals surface area contributed by atoms with Crippen molar-refractivity contribution >= 4 is 0 Å². The lowest BCUT2D eigenvalue weighted by Crippen LogP contribution is -2.35. The highest BCUT2D eigenvalue weighted by Crippen LogP contribution is 2.35. The topological polar surface area (TPSA) is 32.3 Å². The van der Waals surface area contributed by atoms with Crippen LogP contribution in [0.4, 0.5) is 13.2 Å². The third-order valence-electron chi connectivity index (χ3n) is 2.44. The maximum Gasteiger partial charge on any atom is 0.393 e. The van der Waals surface area contributed by atoms with Gasteiger partial charge in [0.1, 0.15) is 0 Å². The van der Waals surface area contributed by atoms with E-state index in [0.717, 1.165) is 0 Å². The minimum Gasteiger partial charge on any atom is -0.396 e. The maximum absolute atomic E-state index is 12.3. The highest BCUT2D eigenvalue weighted by atomic mass is 19.4.